The van der Waals surface area contributed by atoms with Crippen molar-refractivity contribution >= 4 is 43.2 Å². The number of rotatable bonds is 4. The van der Waals surface area contributed by atoms with Gasteiger partial charge >= 0.3 is 0 Å². The van der Waals surface area contributed by atoms with Gasteiger partial charge in [-0.2, -0.15) is 0 Å². The second-order valence-corrected chi connectivity index (χ2v) is 8.37. The fourth-order valence-corrected chi connectivity index (χ4v) is 4.90. The molecule has 1 aliphatic heterocycles. The molecule has 4 aromatic rings. The summed E-state index contributed by atoms with van der Waals surface area (Å²) in [4.78, 5) is 21.3. The van der Waals surface area contributed by atoms with Crippen LogP contribution < -0.4 is 9.80 Å². The van der Waals surface area contributed by atoms with E-state index >= 15 is 0 Å². The average molecular weight is 389 g/mol. The van der Waals surface area contributed by atoms with Crippen LogP contribution in [0.3, 0.4) is 0 Å². The Kier molecular flexibility index (Phi) is 4.55. The number of nitrogens with zero attached hydrogens (tertiary/aromatic N) is 2. The van der Waals surface area contributed by atoms with Crippen LogP contribution in [0.5, 0.6) is 0 Å². The first-order chi connectivity index (χ1) is 13.8. The highest BCUT2D eigenvalue weighted by Crippen LogP contribution is 2.28. The molecule has 4 nitrogen and oxygen atoms in total. The van der Waals surface area contributed by atoms with E-state index in [1.165, 1.54) is 15.0 Å². The summed E-state index contributed by atoms with van der Waals surface area (Å²) < 4.78 is 1.23. The van der Waals surface area contributed by atoms with Crippen molar-refractivity contribution in [3.8, 4) is 0 Å². The van der Waals surface area contributed by atoms with E-state index in [0.717, 1.165) is 47.8 Å². The predicted molar refractivity (Wildman–Crippen MR) is 116 cm³/mol. The van der Waals surface area contributed by atoms with Crippen LogP contribution in [0, 0.1) is 0 Å². The molecule has 0 amide bonds. The molecule has 28 heavy (non-hydrogen) atoms. The van der Waals surface area contributed by atoms with Gasteiger partial charge < -0.3 is 9.80 Å². The number of hydrogen-bond acceptors (Lipinski definition) is 4. The normalized spacial score (nSPS) is 15.4. The molecule has 5 heteroatoms. The van der Waals surface area contributed by atoms with Gasteiger partial charge in [0.15, 0.2) is 5.13 Å². The van der Waals surface area contributed by atoms with Crippen LogP contribution in [-0.4, -0.2) is 43.5 Å². The quantitative estimate of drug-likeness (QED) is 0.546. The summed E-state index contributed by atoms with van der Waals surface area (Å²) in [5, 5.41) is 3.40. The zero-order valence-corrected chi connectivity index (χ0v) is 16.4. The van der Waals surface area contributed by atoms with Crippen molar-refractivity contribution < 1.29 is 9.69 Å². The number of anilines is 1. The number of thiazole rings is 1. The maximum Gasteiger partial charge on any atom is 0.216 e. The molecular weight excluding hydrogens is 366 g/mol. The van der Waals surface area contributed by atoms with E-state index in [1.807, 2.05) is 36.4 Å². The topological polar surface area (TPSA) is 37.6 Å². The van der Waals surface area contributed by atoms with Gasteiger partial charge in [0.05, 0.1) is 36.4 Å². The summed E-state index contributed by atoms with van der Waals surface area (Å²) in [6, 6.07) is 22.5. The number of carbonyl (C=O) groups is 1. The van der Waals surface area contributed by atoms with E-state index in [-0.39, 0.29) is 5.78 Å². The SMILES string of the molecule is O=C(C[NH+]1CCN(c2nc3ccccc3s2)CC1)c1ccc2ccccc2c1. The largest absolute Gasteiger partial charge is 0.337 e. The molecule has 0 bridgehead atoms. The third-order valence-corrected chi connectivity index (χ3v) is 6.60. The second kappa shape index (κ2) is 7.34. The standard InChI is InChI=1S/C23H21N3OS/c27-21(19-10-9-17-5-1-2-6-18(17)15-19)16-25-11-13-26(14-12-25)23-24-20-7-3-4-8-22(20)28-23/h1-10,15H,11-14,16H2/p+1. The van der Waals surface area contributed by atoms with Crippen LogP contribution in [0.1, 0.15) is 10.4 Å². The number of nitrogens with one attached hydrogen (secondary N) is 1. The number of hydrogen-bond donors (Lipinski definition) is 1. The third-order valence-electron chi connectivity index (χ3n) is 5.51. The van der Waals surface area contributed by atoms with E-state index in [0.29, 0.717) is 6.54 Å². The Morgan fingerprint density at radius 3 is 2.54 bits per heavy atom. The van der Waals surface area contributed by atoms with Crippen molar-refractivity contribution in [2.75, 3.05) is 37.6 Å². The van der Waals surface area contributed by atoms with Crippen molar-refractivity contribution in [1.82, 2.24) is 4.98 Å². The van der Waals surface area contributed by atoms with Crippen LogP contribution in [0.4, 0.5) is 5.13 Å². The molecule has 0 unspecified atom stereocenters. The number of aromatic nitrogens is 1. The minimum Gasteiger partial charge on any atom is -0.337 e. The Morgan fingerprint density at radius 1 is 0.964 bits per heavy atom. The summed E-state index contributed by atoms with van der Waals surface area (Å²) in [6.45, 7) is 4.39. The van der Waals surface area contributed by atoms with Crippen molar-refractivity contribution in [3.05, 3.63) is 72.3 Å². The van der Waals surface area contributed by atoms with E-state index in [2.05, 4.69) is 35.2 Å². The van der Waals surface area contributed by atoms with Gasteiger partial charge in [0, 0.05) is 5.56 Å². The molecule has 1 N–H and O–H groups in total. The van der Waals surface area contributed by atoms with E-state index in [9.17, 15) is 4.79 Å². The fraction of sp³-hybridized carbons (Fsp3) is 0.217. The lowest BCUT2D eigenvalue weighted by Crippen LogP contribution is -3.15. The van der Waals surface area contributed by atoms with Crippen LogP contribution in [-0.2, 0) is 0 Å². The minimum absolute atomic E-state index is 0.231. The van der Waals surface area contributed by atoms with Gasteiger partial charge in [0.25, 0.3) is 0 Å². The Labute approximate surface area is 168 Å². The summed E-state index contributed by atoms with van der Waals surface area (Å²) in [7, 11) is 0. The van der Waals surface area contributed by atoms with Crippen molar-refractivity contribution in [3.63, 3.8) is 0 Å². The highest BCUT2D eigenvalue weighted by molar-refractivity contribution is 7.22. The van der Waals surface area contributed by atoms with Crippen molar-refractivity contribution in [2.24, 2.45) is 0 Å². The zero-order valence-electron chi connectivity index (χ0n) is 15.6. The molecule has 0 spiro atoms. The monoisotopic (exact) mass is 388 g/mol. The fourth-order valence-electron chi connectivity index (χ4n) is 3.88. The molecule has 2 heterocycles. The number of fused-ring (bicyclic) bond motifs is 2. The lowest BCUT2D eigenvalue weighted by Gasteiger charge is -2.31. The number of quaternary nitrogens is 1. The molecule has 1 aliphatic rings. The lowest BCUT2D eigenvalue weighted by atomic mass is 10.0. The first-order valence-corrected chi connectivity index (χ1v) is 10.5. The maximum absolute atomic E-state index is 12.8. The minimum atomic E-state index is 0.231. The number of piperazine rings is 1. The number of benzene rings is 3. The molecule has 3 aromatic carbocycles. The van der Waals surface area contributed by atoms with E-state index < -0.39 is 0 Å². The van der Waals surface area contributed by atoms with Crippen LogP contribution in [0.25, 0.3) is 21.0 Å². The Morgan fingerprint density at radius 2 is 1.71 bits per heavy atom. The smallest absolute Gasteiger partial charge is 0.216 e. The molecule has 5 rings (SSSR count). The molecule has 1 fully saturated rings. The van der Waals surface area contributed by atoms with Gasteiger partial charge in [0.2, 0.25) is 5.78 Å². The molecule has 0 aliphatic carbocycles. The first-order valence-electron chi connectivity index (χ1n) is 9.72. The number of ketones is 1. The van der Waals surface area contributed by atoms with Crippen LogP contribution in [0.15, 0.2) is 66.7 Å². The second-order valence-electron chi connectivity index (χ2n) is 7.36. The first kappa shape index (κ1) is 17.3. The Balaban J connectivity index is 1.23. The van der Waals surface area contributed by atoms with Crippen LogP contribution >= 0.6 is 11.3 Å². The lowest BCUT2D eigenvalue weighted by molar-refractivity contribution is -0.892. The van der Waals surface area contributed by atoms with Gasteiger partial charge in [-0.25, -0.2) is 4.98 Å². The highest BCUT2D eigenvalue weighted by Gasteiger charge is 2.24. The number of para-hydroxylation sites is 1. The third kappa shape index (κ3) is 3.39. The van der Waals surface area contributed by atoms with Gasteiger partial charge in [-0.1, -0.05) is 59.9 Å². The molecule has 0 saturated carbocycles. The van der Waals surface area contributed by atoms with Gasteiger partial charge in [0.1, 0.15) is 6.54 Å². The predicted octanol–water partition coefficient (Wildman–Crippen LogP) is 3.04. The molecule has 1 aromatic heterocycles. The zero-order chi connectivity index (χ0) is 18.9. The Hall–Kier alpha value is -2.76. The maximum atomic E-state index is 12.8. The summed E-state index contributed by atoms with van der Waals surface area (Å²) >= 11 is 1.76. The summed E-state index contributed by atoms with van der Waals surface area (Å²) in [5.74, 6) is 0.231. The van der Waals surface area contributed by atoms with E-state index in [4.69, 9.17) is 4.98 Å². The molecule has 0 radical (unpaired) electrons. The van der Waals surface area contributed by atoms with Gasteiger partial charge in [-0.15, -0.1) is 0 Å². The molecule has 140 valence electrons. The molecular formula is C23H22N3OS+. The van der Waals surface area contributed by atoms with Gasteiger partial charge in [-0.3, -0.25) is 4.79 Å². The molecule has 1 saturated heterocycles. The van der Waals surface area contributed by atoms with Gasteiger partial charge in [-0.05, 0) is 29.0 Å². The molecule has 0 atom stereocenters. The average Bonchev–Trinajstić information content (AvgIpc) is 3.18. The van der Waals surface area contributed by atoms with Crippen LogP contribution in [0.2, 0.25) is 0 Å². The van der Waals surface area contributed by atoms with E-state index in [1.54, 1.807) is 11.3 Å². The van der Waals surface area contributed by atoms with Crippen molar-refractivity contribution in [2.45, 2.75) is 0 Å². The summed E-state index contributed by atoms with van der Waals surface area (Å²) in [5.41, 5.74) is 1.89. The number of carbonyl (C=O) groups excluding carboxylic acids is 1. The number of Topliss-reactive ketones (excluding diaryl/α,β-unsaturated/α-hetero) is 1. The summed E-state index contributed by atoms with van der Waals surface area (Å²) in [6.07, 6.45) is 0. The van der Waals surface area contributed by atoms with Crippen molar-refractivity contribution in [1.29, 1.82) is 0 Å². The highest BCUT2D eigenvalue weighted by atomic mass is 32.1. The Bertz CT molecular complexity index is 1110.